The molecule has 0 radical (unpaired) electrons. The lowest BCUT2D eigenvalue weighted by Gasteiger charge is -2.39. The van der Waals surface area contributed by atoms with E-state index in [4.69, 9.17) is 0 Å². The van der Waals surface area contributed by atoms with Crippen molar-refractivity contribution >= 4 is 5.82 Å². The zero-order chi connectivity index (χ0) is 21.7. The van der Waals surface area contributed by atoms with Gasteiger partial charge in [-0.1, -0.05) is 27.2 Å². The topological polar surface area (TPSA) is 50.9 Å². The van der Waals surface area contributed by atoms with Crippen molar-refractivity contribution in [1.29, 1.82) is 0 Å². The van der Waals surface area contributed by atoms with Crippen LogP contribution in [0.1, 0.15) is 69.8 Å². The molecule has 0 spiro atoms. The number of halogens is 3. The van der Waals surface area contributed by atoms with Crippen LogP contribution in [0.25, 0.3) is 0 Å². The van der Waals surface area contributed by atoms with Gasteiger partial charge in [0.25, 0.3) is 0 Å². The Morgan fingerprint density at radius 3 is 2.60 bits per heavy atom. The minimum atomic E-state index is -4.33. The molecule has 0 aromatic carbocycles. The van der Waals surface area contributed by atoms with Crippen molar-refractivity contribution < 1.29 is 13.2 Å². The number of piperidine rings is 1. The first-order chi connectivity index (χ1) is 14.0. The van der Waals surface area contributed by atoms with Crippen molar-refractivity contribution in [2.24, 2.45) is 12.5 Å². The Labute approximate surface area is 175 Å². The second-order valence-corrected chi connectivity index (χ2v) is 9.76. The summed E-state index contributed by atoms with van der Waals surface area (Å²) in [5, 5.41) is 12.1. The van der Waals surface area contributed by atoms with E-state index in [1.807, 2.05) is 46.3 Å². The first kappa shape index (κ1) is 21.2. The third kappa shape index (κ3) is 4.22. The summed E-state index contributed by atoms with van der Waals surface area (Å²) in [5.74, 6) is 0.477. The van der Waals surface area contributed by atoms with Crippen LogP contribution in [0.5, 0.6) is 0 Å². The van der Waals surface area contributed by atoms with Gasteiger partial charge in [0.05, 0.1) is 17.9 Å². The van der Waals surface area contributed by atoms with E-state index in [1.165, 1.54) is 4.68 Å². The molecule has 1 saturated heterocycles. The van der Waals surface area contributed by atoms with Crippen molar-refractivity contribution in [3.63, 3.8) is 0 Å². The van der Waals surface area contributed by atoms with E-state index in [2.05, 4.69) is 20.4 Å². The van der Waals surface area contributed by atoms with E-state index in [0.29, 0.717) is 5.82 Å². The Bertz CT molecular complexity index is 878. The maximum Gasteiger partial charge on any atom is 0.410 e. The minimum absolute atomic E-state index is 0.00874. The van der Waals surface area contributed by atoms with Gasteiger partial charge in [-0.05, 0) is 31.2 Å². The molecular weight excluding hydrogens is 393 g/mol. The van der Waals surface area contributed by atoms with Gasteiger partial charge in [-0.25, -0.2) is 4.68 Å². The molecule has 1 N–H and O–H groups in total. The molecule has 0 saturated carbocycles. The predicted octanol–water partition coefficient (Wildman–Crippen LogP) is 4.68. The molecule has 2 aromatic heterocycles. The summed E-state index contributed by atoms with van der Waals surface area (Å²) in [6, 6.07) is -0.00924. The van der Waals surface area contributed by atoms with Gasteiger partial charge in [-0.15, -0.1) is 0 Å². The van der Waals surface area contributed by atoms with Crippen molar-refractivity contribution in [2.45, 2.75) is 77.3 Å². The number of aryl methyl sites for hydroxylation is 1. The van der Waals surface area contributed by atoms with Crippen LogP contribution in [0.2, 0.25) is 0 Å². The fourth-order valence-electron chi connectivity index (χ4n) is 4.63. The van der Waals surface area contributed by atoms with Gasteiger partial charge in [0.1, 0.15) is 5.82 Å². The van der Waals surface area contributed by atoms with E-state index in [9.17, 15) is 13.2 Å². The first-order valence-electron chi connectivity index (χ1n) is 10.7. The highest BCUT2D eigenvalue weighted by Crippen LogP contribution is 2.44. The van der Waals surface area contributed by atoms with Crippen molar-refractivity contribution in [2.75, 3.05) is 11.9 Å². The molecule has 166 valence electrons. The Hall–Kier alpha value is -2.03. The number of nitrogens with one attached hydrogen (secondary N) is 1. The van der Waals surface area contributed by atoms with Gasteiger partial charge < -0.3 is 5.32 Å². The lowest BCUT2D eigenvalue weighted by molar-refractivity contribution is -0.175. The number of rotatable bonds is 3. The van der Waals surface area contributed by atoms with Crippen LogP contribution in [0.3, 0.4) is 0 Å². The van der Waals surface area contributed by atoms with E-state index >= 15 is 0 Å². The number of likely N-dealkylation sites (tertiary alicyclic amines) is 1. The summed E-state index contributed by atoms with van der Waals surface area (Å²) in [4.78, 5) is 2.32. The summed E-state index contributed by atoms with van der Waals surface area (Å²) in [5.41, 5.74) is 1.55. The average molecular weight is 425 g/mol. The van der Waals surface area contributed by atoms with Crippen LogP contribution < -0.4 is 5.32 Å². The second kappa shape index (κ2) is 7.59. The molecule has 1 fully saturated rings. The Balaban J connectivity index is 1.64. The highest BCUT2D eigenvalue weighted by atomic mass is 19.4. The molecule has 30 heavy (non-hydrogen) atoms. The predicted molar refractivity (Wildman–Crippen MR) is 109 cm³/mol. The number of hydrogen-bond acceptors (Lipinski definition) is 4. The molecular formula is C21H31F3N6. The third-order valence-corrected chi connectivity index (χ3v) is 6.35. The first-order valence-corrected chi connectivity index (χ1v) is 10.7. The van der Waals surface area contributed by atoms with Gasteiger partial charge in [-0.2, -0.15) is 23.4 Å². The van der Waals surface area contributed by atoms with E-state index in [1.54, 1.807) is 4.68 Å². The Morgan fingerprint density at radius 1 is 1.20 bits per heavy atom. The molecule has 3 atom stereocenters. The van der Waals surface area contributed by atoms with E-state index in [-0.39, 0.29) is 23.9 Å². The monoisotopic (exact) mass is 424 g/mol. The molecule has 0 unspecified atom stereocenters. The standard InChI is InChI=1S/C21H31F3N6/c1-20(2,3)17-10-18(21(22,23)24)30-19(26-17)9-15(27-30)16-7-5-6-8-29(16)13-14-11-25-28(4)12-14/h9,11-12,16-18,26H,5-8,10,13H2,1-4H3/t16-,17+,18-/m1/s1. The number of anilines is 1. The normalized spacial score (nSPS) is 25.8. The average Bonchev–Trinajstić information content (AvgIpc) is 3.25. The largest absolute Gasteiger partial charge is 0.410 e. The summed E-state index contributed by atoms with van der Waals surface area (Å²) in [6.45, 7) is 7.55. The zero-order valence-electron chi connectivity index (χ0n) is 18.1. The van der Waals surface area contributed by atoms with Crippen LogP contribution in [-0.4, -0.2) is 43.2 Å². The number of fused-ring (bicyclic) bond motifs is 1. The second-order valence-electron chi connectivity index (χ2n) is 9.76. The van der Waals surface area contributed by atoms with E-state index < -0.39 is 12.2 Å². The molecule has 0 bridgehead atoms. The molecule has 0 aliphatic carbocycles. The Kier molecular flexibility index (Phi) is 5.36. The SMILES string of the molecule is Cn1cc(CN2CCCC[C@@H]2c2cc3n(n2)[C@@H](C(F)(F)F)C[C@@H](C(C)(C)C)N3)cn1. The van der Waals surface area contributed by atoms with Crippen LogP contribution in [-0.2, 0) is 13.6 Å². The number of hydrogen-bond donors (Lipinski definition) is 1. The van der Waals surface area contributed by atoms with Gasteiger partial charge in [0, 0.05) is 37.5 Å². The highest BCUT2D eigenvalue weighted by molar-refractivity contribution is 5.42. The fourth-order valence-corrected chi connectivity index (χ4v) is 4.63. The minimum Gasteiger partial charge on any atom is -0.367 e. The number of nitrogens with zero attached hydrogens (tertiary/aromatic N) is 5. The summed E-state index contributed by atoms with van der Waals surface area (Å²) >= 11 is 0. The molecule has 2 aliphatic heterocycles. The maximum absolute atomic E-state index is 13.9. The van der Waals surface area contributed by atoms with Gasteiger partial charge in [-0.3, -0.25) is 9.58 Å². The van der Waals surface area contributed by atoms with Crippen LogP contribution >= 0.6 is 0 Å². The molecule has 2 aliphatic rings. The van der Waals surface area contributed by atoms with Gasteiger partial charge in [0.2, 0.25) is 0 Å². The maximum atomic E-state index is 13.9. The third-order valence-electron chi connectivity index (χ3n) is 6.35. The van der Waals surface area contributed by atoms with E-state index in [0.717, 1.165) is 43.6 Å². The summed E-state index contributed by atoms with van der Waals surface area (Å²) in [6.07, 6.45) is 2.53. The summed E-state index contributed by atoms with van der Waals surface area (Å²) < 4.78 is 44.6. The molecule has 2 aromatic rings. The highest BCUT2D eigenvalue weighted by Gasteiger charge is 2.48. The molecule has 4 rings (SSSR count). The smallest absolute Gasteiger partial charge is 0.367 e. The molecule has 4 heterocycles. The Morgan fingerprint density at radius 2 is 1.97 bits per heavy atom. The molecule has 6 nitrogen and oxygen atoms in total. The molecule has 9 heteroatoms. The van der Waals surface area contributed by atoms with Gasteiger partial charge in [0.15, 0.2) is 6.04 Å². The van der Waals surface area contributed by atoms with Crippen LogP contribution in [0, 0.1) is 5.41 Å². The van der Waals surface area contributed by atoms with Crippen molar-refractivity contribution in [3.05, 3.63) is 29.7 Å². The lowest BCUT2D eigenvalue weighted by Crippen LogP contribution is -2.44. The van der Waals surface area contributed by atoms with Crippen molar-refractivity contribution in [1.82, 2.24) is 24.5 Å². The fraction of sp³-hybridized carbons (Fsp3) is 0.714. The summed E-state index contributed by atoms with van der Waals surface area (Å²) in [7, 11) is 1.88. The molecule has 0 amide bonds. The number of alkyl halides is 3. The van der Waals surface area contributed by atoms with Crippen LogP contribution in [0.4, 0.5) is 19.0 Å². The van der Waals surface area contributed by atoms with Crippen molar-refractivity contribution in [3.8, 4) is 0 Å². The zero-order valence-corrected chi connectivity index (χ0v) is 18.1. The quantitative estimate of drug-likeness (QED) is 0.778. The van der Waals surface area contributed by atoms with Gasteiger partial charge >= 0.3 is 6.18 Å². The number of aromatic nitrogens is 4. The van der Waals surface area contributed by atoms with Crippen LogP contribution in [0.15, 0.2) is 18.5 Å². The lowest BCUT2D eigenvalue weighted by atomic mass is 9.82.